The number of amides is 1. The second-order valence-corrected chi connectivity index (χ2v) is 12.1. The summed E-state index contributed by atoms with van der Waals surface area (Å²) in [6.45, 7) is -1.02. The SMILES string of the molecule is COc1ccc(S(C)(=O)=O)cc1NCC#Cc1cc(C(=O)N[C@H]2CO[C@H]3[C@@H]2OC[C@@H]3O)c2ccn(CC(F)(F)F)c2c1. The van der Waals surface area contributed by atoms with E-state index in [1.54, 1.807) is 0 Å². The van der Waals surface area contributed by atoms with E-state index in [4.69, 9.17) is 14.2 Å². The van der Waals surface area contributed by atoms with Crippen LogP contribution in [0.4, 0.5) is 18.9 Å². The highest BCUT2D eigenvalue weighted by atomic mass is 32.2. The Kier molecular flexibility index (Phi) is 8.13. The monoisotopic (exact) mass is 607 g/mol. The number of aliphatic hydroxyl groups is 1. The topological polar surface area (TPSA) is 128 Å². The lowest BCUT2D eigenvalue weighted by Gasteiger charge is -2.18. The number of halogens is 3. The molecule has 0 unspecified atom stereocenters. The first-order chi connectivity index (χ1) is 19.8. The van der Waals surface area contributed by atoms with Gasteiger partial charge in [0, 0.05) is 29.0 Å². The summed E-state index contributed by atoms with van der Waals surface area (Å²) in [6.07, 6.45) is -4.05. The average Bonchev–Trinajstić information content (AvgIpc) is 3.62. The molecule has 2 aliphatic heterocycles. The minimum absolute atomic E-state index is 0.0366. The molecule has 2 aromatic carbocycles. The van der Waals surface area contributed by atoms with Crippen molar-refractivity contribution in [2.75, 3.05) is 38.4 Å². The molecule has 0 bridgehead atoms. The normalized spacial score (nSPS) is 22.0. The van der Waals surface area contributed by atoms with Crippen LogP contribution in [-0.4, -0.2) is 87.7 Å². The molecule has 3 N–H and O–H groups in total. The fourth-order valence-electron chi connectivity index (χ4n) is 5.08. The highest BCUT2D eigenvalue weighted by molar-refractivity contribution is 7.90. The van der Waals surface area contributed by atoms with Gasteiger partial charge < -0.3 is 34.5 Å². The van der Waals surface area contributed by atoms with E-state index in [-0.39, 0.29) is 35.7 Å². The van der Waals surface area contributed by atoms with E-state index >= 15 is 0 Å². The molecule has 5 rings (SSSR count). The van der Waals surface area contributed by atoms with Gasteiger partial charge in [0.2, 0.25) is 0 Å². The molecule has 0 spiro atoms. The Morgan fingerprint density at radius 1 is 1.17 bits per heavy atom. The Balaban J connectivity index is 1.42. The Bertz CT molecular complexity index is 1680. The first-order valence-corrected chi connectivity index (χ1v) is 14.8. The van der Waals surface area contributed by atoms with Gasteiger partial charge in [-0.1, -0.05) is 11.8 Å². The van der Waals surface area contributed by atoms with Crippen LogP contribution in [0.5, 0.6) is 5.75 Å². The number of sulfone groups is 1. The van der Waals surface area contributed by atoms with Crippen LogP contribution >= 0.6 is 0 Å². The maximum atomic E-state index is 13.4. The van der Waals surface area contributed by atoms with Gasteiger partial charge in [0.1, 0.15) is 30.6 Å². The molecule has 224 valence electrons. The average molecular weight is 608 g/mol. The third-order valence-corrected chi connectivity index (χ3v) is 8.14. The summed E-state index contributed by atoms with van der Waals surface area (Å²) in [5.41, 5.74) is 0.977. The number of benzene rings is 2. The number of carbonyl (C=O) groups excluding carboxylic acids is 1. The van der Waals surface area contributed by atoms with E-state index in [1.807, 2.05) is 0 Å². The summed E-state index contributed by atoms with van der Waals surface area (Å²) >= 11 is 0. The summed E-state index contributed by atoms with van der Waals surface area (Å²) in [7, 11) is -2.03. The van der Waals surface area contributed by atoms with E-state index < -0.39 is 52.8 Å². The first-order valence-electron chi connectivity index (χ1n) is 12.9. The summed E-state index contributed by atoms with van der Waals surface area (Å²) < 4.78 is 81.1. The highest BCUT2D eigenvalue weighted by Gasteiger charge is 2.47. The van der Waals surface area contributed by atoms with Crippen LogP contribution in [0.3, 0.4) is 0 Å². The van der Waals surface area contributed by atoms with Crippen molar-refractivity contribution in [2.45, 2.75) is 42.0 Å². The molecule has 0 radical (unpaired) electrons. The summed E-state index contributed by atoms with van der Waals surface area (Å²) in [5.74, 6) is 5.58. The fourth-order valence-corrected chi connectivity index (χ4v) is 5.72. The van der Waals surface area contributed by atoms with E-state index in [2.05, 4.69) is 22.5 Å². The van der Waals surface area contributed by atoms with E-state index in [9.17, 15) is 31.5 Å². The van der Waals surface area contributed by atoms with Crippen LogP contribution in [-0.2, 0) is 25.9 Å². The van der Waals surface area contributed by atoms with Gasteiger partial charge >= 0.3 is 6.18 Å². The number of hydrogen-bond donors (Lipinski definition) is 3. The van der Waals surface area contributed by atoms with Crippen molar-refractivity contribution in [1.29, 1.82) is 0 Å². The number of aromatic nitrogens is 1. The van der Waals surface area contributed by atoms with Gasteiger partial charge in [-0.05, 0) is 36.4 Å². The van der Waals surface area contributed by atoms with Crippen molar-refractivity contribution >= 4 is 32.3 Å². The number of aliphatic hydroxyl groups excluding tert-OH is 1. The number of nitrogens with one attached hydrogen (secondary N) is 2. The second kappa shape index (κ2) is 11.5. The van der Waals surface area contributed by atoms with Gasteiger partial charge in [-0.3, -0.25) is 4.79 Å². The Labute approximate surface area is 239 Å². The molecule has 14 heteroatoms. The molecule has 2 aliphatic rings. The molecular formula is C28H28F3N3O7S. The maximum absolute atomic E-state index is 13.4. The largest absolute Gasteiger partial charge is 0.495 e. The third kappa shape index (κ3) is 6.34. The smallest absolute Gasteiger partial charge is 0.406 e. The third-order valence-electron chi connectivity index (χ3n) is 7.03. The Morgan fingerprint density at radius 2 is 1.93 bits per heavy atom. The molecule has 10 nitrogen and oxygen atoms in total. The van der Waals surface area contributed by atoms with Crippen LogP contribution in [0.2, 0.25) is 0 Å². The first kappa shape index (κ1) is 29.7. The van der Waals surface area contributed by atoms with Crippen LogP contribution in [0.25, 0.3) is 10.9 Å². The number of hydrogen-bond acceptors (Lipinski definition) is 8. The van der Waals surface area contributed by atoms with Crippen LogP contribution in [0.15, 0.2) is 47.5 Å². The van der Waals surface area contributed by atoms with Gasteiger partial charge in [-0.2, -0.15) is 13.2 Å². The van der Waals surface area contributed by atoms with Crippen molar-refractivity contribution in [2.24, 2.45) is 0 Å². The predicted octanol–water partition coefficient (Wildman–Crippen LogP) is 2.34. The van der Waals surface area contributed by atoms with E-state index in [0.717, 1.165) is 10.8 Å². The van der Waals surface area contributed by atoms with E-state index in [0.29, 0.717) is 22.4 Å². The van der Waals surface area contributed by atoms with Crippen molar-refractivity contribution in [3.8, 4) is 17.6 Å². The van der Waals surface area contributed by atoms with Crippen molar-refractivity contribution in [3.63, 3.8) is 0 Å². The zero-order chi connectivity index (χ0) is 30.2. The van der Waals surface area contributed by atoms with Crippen molar-refractivity contribution in [1.82, 2.24) is 9.88 Å². The fraction of sp³-hybridized carbons (Fsp3) is 0.393. The summed E-state index contributed by atoms with van der Waals surface area (Å²) in [5, 5.41) is 16.1. The minimum atomic E-state index is -4.49. The molecule has 3 aromatic rings. The molecule has 2 fully saturated rings. The zero-order valence-corrected chi connectivity index (χ0v) is 23.4. The molecule has 0 aliphatic carbocycles. The molecular weight excluding hydrogens is 579 g/mol. The van der Waals surface area contributed by atoms with Crippen molar-refractivity contribution < 1.29 is 45.7 Å². The second-order valence-electron chi connectivity index (χ2n) is 10.0. The van der Waals surface area contributed by atoms with Crippen LogP contribution < -0.4 is 15.4 Å². The zero-order valence-electron chi connectivity index (χ0n) is 22.6. The van der Waals surface area contributed by atoms with E-state index in [1.165, 1.54) is 49.7 Å². The molecule has 0 saturated carbocycles. The molecule has 4 atom stereocenters. The van der Waals surface area contributed by atoms with Crippen LogP contribution in [0.1, 0.15) is 15.9 Å². The lowest BCUT2D eigenvalue weighted by Crippen LogP contribution is -2.44. The molecule has 42 heavy (non-hydrogen) atoms. The number of ether oxygens (including phenoxy) is 3. The Morgan fingerprint density at radius 3 is 2.64 bits per heavy atom. The number of carbonyl (C=O) groups is 1. The highest BCUT2D eigenvalue weighted by Crippen LogP contribution is 2.30. The number of rotatable bonds is 7. The molecule has 2 saturated heterocycles. The standard InChI is InChI=1S/C28H28F3N3O7S/c1-39-24-6-5-17(42(2,37)38)12-20(24)32-8-3-4-16-10-19(18-7-9-34(22(18)11-16)15-28(29,30)31)27(36)33-21-13-40-26-23(35)14-41-25(21)26/h5-7,9-12,21,23,25-26,32,35H,8,13-15H2,1-2H3,(H,33,36)/t21-,23-,25+,26+/m0/s1. The number of alkyl halides is 3. The van der Waals surface area contributed by atoms with Gasteiger partial charge in [-0.25, -0.2) is 8.42 Å². The number of anilines is 1. The minimum Gasteiger partial charge on any atom is -0.495 e. The number of fused-ring (bicyclic) bond motifs is 2. The molecule has 1 aromatic heterocycles. The molecule has 3 heterocycles. The number of nitrogens with zero attached hydrogens (tertiary/aromatic N) is 1. The summed E-state index contributed by atoms with van der Waals surface area (Å²) in [4.78, 5) is 13.5. The van der Waals surface area contributed by atoms with Gasteiger partial charge in [0.15, 0.2) is 9.84 Å². The van der Waals surface area contributed by atoms with Gasteiger partial charge in [0.05, 0.1) is 49.0 Å². The lowest BCUT2D eigenvalue weighted by molar-refractivity contribution is -0.139. The predicted molar refractivity (Wildman–Crippen MR) is 146 cm³/mol. The van der Waals surface area contributed by atoms with Crippen molar-refractivity contribution in [3.05, 3.63) is 53.7 Å². The Hall–Kier alpha value is -3.77. The van der Waals surface area contributed by atoms with Gasteiger partial charge in [-0.15, -0.1) is 0 Å². The van der Waals surface area contributed by atoms with Gasteiger partial charge in [0.25, 0.3) is 5.91 Å². The quantitative estimate of drug-likeness (QED) is 0.350. The molecule has 1 amide bonds. The lowest BCUT2D eigenvalue weighted by atomic mass is 10.0. The maximum Gasteiger partial charge on any atom is 0.406 e. The number of methoxy groups -OCH3 is 1. The van der Waals surface area contributed by atoms with Crippen LogP contribution in [0, 0.1) is 11.8 Å². The summed E-state index contributed by atoms with van der Waals surface area (Å²) in [6, 6.07) is 8.20.